The zero-order valence-corrected chi connectivity index (χ0v) is 12.1. The van der Waals surface area contributed by atoms with E-state index in [1.165, 1.54) is 11.1 Å². The van der Waals surface area contributed by atoms with Gasteiger partial charge < -0.3 is 10.4 Å². The van der Waals surface area contributed by atoms with Crippen molar-refractivity contribution >= 4 is 0 Å². The van der Waals surface area contributed by atoms with E-state index in [4.69, 9.17) is 5.11 Å². The van der Waals surface area contributed by atoms with Gasteiger partial charge in [-0.3, -0.25) is 4.68 Å². The fourth-order valence-electron chi connectivity index (χ4n) is 1.99. The number of rotatable bonds is 7. The Hall–Kier alpha value is -1.72. The maximum Gasteiger partial charge on any atom is 0.0965 e. The van der Waals surface area contributed by atoms with Crippen LogP contribution in [0.15, 0.2) is 30.5 Å². The number of hydrogen-bond acceptors (Lipinski definition) is 4. The van der Waals surface area contributed by atoms with Crippen LogP contribution in [-0.4, -0.2) is 26.7 Å². The summed E-state index contributed by atoms with van der Waals surface area (Å²) in [6.45, 7) is 5.80. The standard InChI is InChI=1S/C15H22N4O/c1-12-4-6-14(7-5-12)13(2)16-10-15-11-19(18-17-15)8-3-9-20/h4-7,11,13,16,20H,3,8-10H2,1-2H3/t13-/m1/s1. The molecule has 0 bridgehead atoms. The van der Waals surface area contributed by atoms with Crippen LogP contribution in [0.4, 0.5) is 0 Å². The van der Waals surface area contributed by atoms with Crippen LogP contribution in [0.2, 0.25) is 0 Å². The highest BCUT2D eigenvalue weighted by molar-refractivity contribution is 5.23. The van der Waals surface area contributed by atoms with Crippen LogP contribution in [0, 0.1) is 6.92 Å². The molecule has 2 N–H and O–H groups in total. The summed E-state index contributed by atoms with van der Waals surface area (Å²) in [5.41, 5.74) is 3.46. The molecule has 2 rings (SSSR count). The van der Waals surface area contributed by atoms with Crippen molar-refractivity contribution in [3.63, 3.8) is 0 Å². The van der Waals surface area contributed by atoms with Gasteiger partial charge >= 0.3 is 0 Å². The Balaban J connectivity index is 1.85. The smallest absolute Gasteiger partial charge is 0.0965 e. The molecule has 5 heteroatoms. The third-order valence-corrected chi connectivity index (χ3v) is 3.30. The number of nitrogens with one attached hydrogen (secondary N) is 1. The predicted octanol–water partition coefficient (Wildman–Crippen LogP) is 1.82. The topological polar surface area (TPSA) is 63.0 Å². The van der Waals surface area contributed by atoms with Crippen molar-refractivity contribution < 1.29 is 5.11 Å². The van der Waals surface area contributed by atoms with Gasteiger partial charge in [0.05, 0.1) is 5.69 Å². The SMILES string of the molecule is Cc1ccc([C@@H](C)NCc2cn(CCCO)nn2)cc1. The number of hydrogen-bond donors (Lipinski definition) is 2. The first-order chi connectivity index (χ1) is 9.69. The molecule has 0 radical (unpaired) electrons. The lowest BCUT2D eigenvalue weighted by molar-refractivity contribution is 0.276. The highest BCUT2D eigenvalue weighted by Gasteiger charge is 2.06. The molecule has 1 aromatic carbocycles. The molecule has 5 nitrogen and oxygen atoms in total. The lowest BCUT2D eigenvalue weighted by Gasteiger charge is -2.13. The maximum absolute atomic E-state index is 8.78. The Morgan fingerprint density at radius 2 is 2.05 bits per heavy atom. The van der Waals surface area contributed by atoms with E-state index >= 15 is 0 Å². The highest BCUT2D eigenvalue weighted by atomic mass is 16.3. The number of nitrogens with zero attached hydrogens (tertiary/aromatic N) is 3. The Bertz CT molecular complexity index is 521. The Morgan fingerprint density at radius 3 is 2.75 bits per heavy atom. The molecule has 0 unspecified atom stereocenters. The van der Waals surface area contributed by atoms with Crippen LogP contribution >= 0.6 is 0 Å². The number of aryl methyl sites for hydroxylation is 2. The van der Waals surface area contributed by atoms with Gasteiger partial charge in [0.15, 0.2) is 0 Å². The summed E-state index contributed by atoms with van der Waals surface area (Å²) in [5, 5.41) is 20.4. The molecule has 0 aliphatic heterocycles. The van der Waals surface area contributed by atoms with Gasteiger partial charge in [0, 0.05) is 31.9 Å². The van der Waals surface area contributed by atoms with Crippen molar-refractivity contribution in [1.29, 1.82) is 0 Å². The summed E-state index contributed by atoms with van der Waals surface area (Å²) >= 11 is 0. The van der Waals surface area contributed by atoms with Crippen molar-refractivity contribution in [1.82, 2.24) is 20.3 Å². The molecule has 1 heterocycles. The Morgan fingerprint density at radius 1 is 1.30 bits per heavy atom. The number of benzene rings is 1. The minimum Gasteiger partial charge on any atom is -0.396 e. The lowest BCUT2D eigenvalue weighted by atomic mass is 10.1. The van der Waals surface area contributed by atoms with Crippen LogP contribution in [0.1, 0.15) is 36.2 Å². The minimum absolute atomic E-state index is 0.178. The average molecular weight is 274 g/mol. The van der Waals surface area contributed by atoms with Crippen LogP contribution in [0.3, 0.4) is 0 Å². The normalized spacial score (nSPS) is 12.6. The lowest BCUT2D eigenvalue weighted by Crippen LogP contribution is -2.18. The van der Waals surface area contributed by atoms with Gasteiger partial charge in [-0.2, -0.15) is 0 Å². The summed E-state index contributed by atoms with van der Waals surface area (Å²) in [4.78, 5) is 0. The third kappa shape index (κ3) is 4.15. The minimum atomic E-state index is 0.178. The van der Waals surface area contributed by atoms with E-state index in [0.717, 1.165) is 5.69 Å². The maximum atomic E-state index is 8.78. The Labute approximate surface area is 119 Å². The third-order valence-electron chi connectivity index (χ3n) is 3.30. The molecule has 20 heavy (non-hydrogen) atoms. The van der Waals surface area contributed by atoms with E-state index in [1.54, 1.807) is 4.68 Å². The van der Waals surface area contributed by atoms with E-state index in [9.17, 15) is 0 Å². The second-order valence-electron chi connectivity index (χ2n) is 5.06. The van der Waals surface area contributed by atoms with Crippen LogP contribution in [-0.2, 0) is 13.1 Å². The first-order valence-electron chi connectivity index (χ1n) is 6.99. The molecule has 0 saturated carbocycles. The van der Waals surface area contributed by atoms with Gasteiger partial charge in [-0.05, 0) is 25.8 Å². The van der Waals surface area contributed by atoms with Crippen LogP contribution in [0.25, 0.3) is 0 Å². The molecule has 0 spiro atoms. The van der Waals surface area contributed by atoms with Gasteiger partial charge in [-0.25, -0.2) is 0 Å². The van der Waals surface area contributed by atoms with E-state index in [0.29, 0.717) is 19.5 Å². The number of aliphatic hydroxyl groups excluding tert-OH is 1. The van der Waals surface area contributed by atoms with Gasteiger partial charge in [0.1, 0.15) is 0 Å². The van der Waals surface area contributed by atoms with Crippen LogP contribution < -0.4 is 5.32 Å². The second-order valence-corrected chi connectivity index (χ2v) is 5.06. The molecule has 0 aliphatic carbocycles. The van der Waals surface area contributed by atoms with Crippen molar-refractivity contribution in [2.24, 2.45) is 0 Å². The molecule has 0 fully saturated rings. The molecule has 1 atom stereocenters. The van der Waals surface area contributed by atoms with E-state index in [1.807, 2.05) is 6.20 Å². The molecular formula is C15H22N4O. The first kappa shape index (κ1) is 14.7. The fraction of sp³-hybridized carbons (Fsp3) is 0.467. The molecular weight excluding hydrogens is 252 g/mol. The fourth-order valence-corrected chi connectivity index (χ4v) is 1.99. The van der Waals surface area contributed by atoms with E-state index in [2.05, 4.69) is 53.7 Å². The van der Waals surface area contributed by atoms with Gasteiger partial charge in [0.2, 0.25) is 0 Å². The summed E-state index contributed by atoms with van der Waals surface area (Å²) in [6.07, 6.45) is 2.63. The van der Waals surface area contributed by atoms with Gasteiger partial charge in [-0.15, -0.1) is 5.10 Å². The zero-order valence-electron chi connectivity index (χ0n) is 12.1. The predicted molar refractivity (Wildman–Crippen MR) is 78.2 cm³/mol. The molecule has 1 aromatic heterocycles. The second kappa shape index (κ2) is 7.17. The van der Waals surface area contributed by atoms with Crippen molar-refractivity contribution in [3.05, 3.63) is 47.3 Å². The highest BCUT2D eigenvalue weighted by Crippen LogP contribution is 2.13. The van der Waals surface area contributed by atoms with Crippen molar-refractivity contribution in [2.45, 2.75) is 39.4 Å². The van der Waals surface area contributed by atoms with Crippen LogP contribution in [0.5, 0.6) is 0 Å². The quantitative estimate of drug-likeness (QED) is 0.808. The summed E-state index contributed by atoms with van der Waals surface area (Å²) in [5.74, 6) is 0. The largest absolute Gasteiger partial charge is 0.396 e. The Kier molecular flexibility index (Phi) is 5.26. The molecule has 0 saturated heterocycles. The van der Waals surface area contributed by atoms with Gasteiger partial charge in [-0.1, -0.05) is 35.0 Å². The van der Waals surface area contributed by atoms with Gasteiger partial charge in [0.25, 0.3) is 0 Å². The summed E-state index contributed by atoms with van der Waals surface area (Å²) in [7, 11) is 0. The molecule has 0 aliphatic rings. The number of aromatic nitrogens is 3. The van der Waals surface area contributed by atoms with Crippen molar-refractivity contribution in [2.75, 3.05) is 6.61 Å². The summed E-state index contributed by atoms with van der Waals surface area (Å²) in [6, 6.07) is 8.81. The summed E-state index contributed by atoms with van der Waals surface area (Å²) < 4.78 is 1.77. The first-order valence-corrected chi connectivity index (χ1v) is 6.99. The average Bonchev–Trinajstić information content (AvgIpc) is 2.91. The zero-order chi connectivity index (χ0) is 14.4. The molecule has 2 aromatic rings. The molecule has 108 valence electrons. The monoisotopic (exact) mass is 274 g/mol. The molecule has 0 amide bonds. The van der Waals surface area contributed by atoms with E-state index < -0.39 is 0 Å². The number of aliphatic hydroxyl groups is 1. The van der Waals surface area contributed by atoms with E-state index in [-0.39, 0.29) is 12.6 Å². The van der Waals surface area contributed by atoms with Crippen molar-refractivity contribution in [3.8, 4) is 0 Å².